The van der Waals surface area contributed by atoms with Crippen LogP contribution in [0.3, 0.4) is 0 Å². The zero-order valence-electron chi connectivity index (χ0n) is 15.9. The Bertz CT molecular complexity index is 891. The van der Waals surface area contributed by atoms with Gasteiger partial charge in [0.05, 0.1) is 12.3 Å². The van der Waals surface area contributed by atoms with Gasteiger partial charge in [0.15, 0.2) is 0 Å². The lowest BCUT2D eigenvalue weighted by Gasteiger charge is -2.35. The first kappa shape index (κ1) is 19.5. The highest BCUT2D eigenvalue weighted by molar-refractivity contribution is 5.80. The SMILES string of the molecule is CCOC(=O)N1CCN(C(=O)C(C)n2nc(-c3ccncc3)ccc2=O)CC1. The predicted molar refractivity (Wildman–Crippen MR) is 102 cm³/mol. The average Bonchev–Trinajstić information content (AvgIpc) is 2.74. The molecule has 1 aliphatic heterocycles. The van der Waals surface area contributed by atoms with Gasteiger partial charge in [-0.25, -0.2) is 9.48 Å². The van der Waals surface area contributed by atoms with Crippen molar-refractivity contribution < 1.29 is 14.3 Å². The number of rotatable bonds is 4. The number of ether oxygens (including phenoxy) is 1. The summed E-state index contributed by atoms with van der Waals surface area (Å²) in [5.74, 6) is -0.204. The van der Waals surface area contributed by atoms with Gasteiger partial charge >= 0.3 is 6.09 Å². The normalized spacial score (nSPS) is 15.2. The summed E-state index contributed by atoms with van der Waals surface area (Å²) in [5.41, 5.74) is 1.06. The number of carbonyl (C=O) groups excluding carboxylic acids is 2. The number of aromatic nitrogens is 3. The van der Waals surface area contributed by atoms with Crippen molar-refractivity contribution in [3.63, 3.8) is 0 Å². The molecule has 0 bridgehead atoms. The Labute approximate surface area is 162 Å². The fourth-order valence-electron chi connectivity index (χ4n) is 3.07. The molecule has 28 heavy (non-hydrogen) atoms. The number of piperazine rings is 1. The van der Waals surface area contributed by atoms with Crippen molar-refractivity contribution in [1.29, 1.82) is 0 Å². The molecule has 0 aliphatic carbocycles. The van der Waals surface area contributed by atoms with Gasteiger partial charge in [-0.1, -0.05) is 0 Å². The first-order valence-electron chi connectivity index (χ1n) is 9.22. The van der Waals surface area contributed by atoms with Crippen LogP contribution in [0.25, 0.3) is 11.3 Å². The Morgan fingerprint density at radius 2 is 1.71 bits per heavy atom. The lowest BCUT2D eigenvalue weighted by atomic mass is 10.2. The van der Waals surface area contributed by atoms with Crippen LogP contribution in [0.2, 0.25) is 0 Å². The number of nitrogens with zero attached hydrogens (tertiary/aromatic N) is 5. The molecule has 3 heterocycles. The van der Waals surface area contributed by atoms with E-state index in [-0.39, 0.29) is 17.6 Å². The van der Waals surface area contributed by atoms with Crippen LogP contribution in [0.4, 0.5) is 4.79 Å². The molecule has 1 saturated heterocycles. The zero-order chi connectivity index (χ0) is 20.1. The third kappa shape index (κ3) is 4.19. The van der Waals surface area contributed by atoms with E-state index in [1.54, 1.807) is 54.2 Å². The lowest BCUT2D eigenvalue weighted by Crippen LogP contribution is -2.52. The van der Waals surface area contributed by atoms with Crippen molar-refractivity contribution in [2.24, 2.45) is 0 Å². The summed E-state index contributed by atoms with van der Waals surface area (Å²) < 4.78 is 6.19. The largest absolute Gasteiger partial charge is 0.450 e. The molecule has 0 saturated carbocycles. The average molecular weight is 385 g/mol. The first-order chi connectivity index (χ1) is 13.5. The molecule has 0 N–H and O–H groups in total. The maximum atomic E-state index is 12.9. The van der Waals surface area contributed by atoms with Gasteiger partial charge in [-0.15, -0.1) is 0 Å². The van der Waals surface area contributed by atoms with E-state index in [9.17, 15) is 14.4 Å². The molecule has 1 unspecified atom stereocenters. The maximum absolute atomic E-state index is 12.9. The summed E-state index contributed by atoms with van der Waals surface area (Å²) in [4.78, 5) is 44.2. The fourth-order valence-corrected chi connectivity index (χ4v) is 3.07. The molecule has 2 amide bonds. The molecule has 0 spiro atoms. The summed E-state index contributed by atoms with van der Waals surface area (Å²) in [6.07, 6.45) is 2.92. The molecule has 9 nitrogen and oxygen atoms in total. The Morgan fingerprint density at radius 1 is 1.07 bits per heavy atom. The van der Waals surface area contributed by atoms with E-state index in [1.807, 2.05) is 0 Å². The Hall–Kier alpha value is -3.23. The summed E-state index contributed by atoms with van der Waals surface area (Å²) in [6, 6.07) is 5.87. The smallest absolute Gasteiger partial charge is 0.409 e. The molecular weight excluding hydrogens is 362 g/mol. The van der Waals surface area contributed by atoms with Gasteiger partial charge < -0.3 is 14.5 Å². The molecule has 0 radical (unpaired) electrons. The van der Waals surface area contributed by atoms with Gasteiger partial charge in [0, 0.05) is 50.2 Å². The fraction of sp³-hybridized carbons (Fsp3) is 0.421. The molecule has 1 atom stereocenters. The van der Waals surface area contributed by atoms with Gasteiger partial charge in [0.2, 0.25) is 5.91 Å². The van der Waals surface area contributed by atoms with Crippen LogP contribution in [0, 0.1) is 0 Å². The summed E-state index contributed by atoms with van der Waals surface area (Å²) in [6.45, 7) is 5.31. The number of amides is 2. The quantitative estimate of drug-likeness (QED) is 0.784. The molecular formula is C19H23N5O4. The number of hydrogen-bond acceptors (Lipinski definition) is 6. The van der Waals surface area contributed by atoms with Gasteiger partial charge in [-0.2, -0.15) is 5.10 Å². The Balaban J connectivity index is 1.72. The highest BCUT2D eigenvalue weighted by Crippen LogP contribution is 2.16. The maximum Gasteiger partial charge on any atom is 0.409 e. The lowest BCUT2D eigenvalue weighted by molar-refractivity contribution is -0.136. The zero-order valence-corrected chi connectivity index (χ0v) is 15.9. The van der Waals surface area contributed by atoms with Crippen LogP contribution in [0.5, 0.6) is 0 Å². The van der Waals surface area contributed by atoms with Crippen LogP contribution in [0.1, 0.15) is 19.9 Å². The van der Waals surface area contributed by atoms with Crippen molar-refractivity contribution in [1.82, 2.24) is 24.6 Å². The Morgan fingerprint density at radius 3 is 2.36 bits per heavy atom. The number of hydrogen-bond donors (Lipinski definition) is 0. The second-order valence-corrected chi connectivity index (χ2v) is 6.42. The predicted octanol–water partition coefficient (Wildman–Crippen LogP) is 1.17. The van der Waals surface area contributed by atoms with Crippen LogP contribution < -0.4 is 5.56 Å². The van der Waals surface area contributed by atoms with E-state index in [0.717, 1.165) is 5.56 Å². The summed E-state index contributed by atoms with van der Waals surface area (Å²) in [7, 11) is 0. The molecule has 3 rings (SSSR count). The first-order valence-corrected chi connectivity index (χ1v) is 9.22. The highest BCUT2D eigenvalue weighted by Gasteiger charge is 2.29. The summed E-state index contributed by atoms with van der Waals surface area (Å²) in [5, 5.41) is 4.37. The van der Waals surface area contributed by atoms with Crippen LogP contribution in [-0.2, 0) is 9.53 Å². The van der Waals surface area contributed by atoms with Gasteiger partial charge in [0.1, 0.15) is 6.04 Å². The van der Waals surface area contributed by atoms with Crippen molar-refractivity contribution in [2.45, 2.75) is 19.9 Å². The molecule has 1 fully saturated rings. The van der Waals surface area contributed by atoms with Crippen molar-refractivity contribution >= 4 is 12.0 Å². The van der Waals surface area contributed by atoms with Crippen molar-refractivity contribution in [3.05, 3.63) is 47.0 Å². The monoisotopic (exact) mass is 385 g/mol. The Kier molecular flexibility index (Phi) is 6.03. The molecule has 2 aromatic heterocycles. The minimum absolute atomic E-state index is 0.204. The van der Waals surface area contributed by atoms with Crippen LogP contribution in [-0.4, -0.2) is 69.4 Å². The second kappa shape index (κ2) is 8.64. The van der Waals surface area contributed by atoms with Crippen LogP contribution in [0.15, 0.2) is 41.5 Å². The molecule has 1 aliphatic rings. The third-order valence-electron chi connectivity index (χ3n) is 4.64. The van der Waals surface area contributed by atoms with Gasteiger partial charge in [-0.3, -0.25) is 14.6 Å². The molecule has 148 valence electrons. The van der Waals surface area contributed by atoms with E-state index in [1.165, 1.54) is 10.7 Å². The second-order valence-electron chi connectivity index (χ2n) is 6.42. The minimum Gasteiger partial charge on any atom is -0.450 e. The van der Waals surface area contributed by atoms with E-state index in [4.69, 9.17) is 4.74 Å². The highest BCUT2D eigenvalue weighted by atomic mass is 16.6. The van der Waals surface area contributed by atoms with E-state index < -0.39 is 6.04 Å². The minimum atomic E-state index is -0.747. The van der Waals surface area contributed by atoms with Crippen LogP contribution >= 0.6 is 0 Å². The number of carbonyl (C=O) groups is 2. The van der Waals surface area contributed by atoms with E-state index in [2.05, 4.69) is 10.1 Å². The van der Waals surface area contributed by atoms with Gasteiger partial charge in [-0.05, 0) is 32.0 Å². The van der Waals surface area contributed by atoms with Crippen molar-refractivity contribution in [2.75, 3.05) is 32.8 Å². The number of pyridine rings is 1. The van der Waals surface area contributed by atoms with E-state index >= 15 is 0 Å². The molecule has 0 aromatic carbocycles. The molecule has 2 aromatic rings. The third-order valence-corrected chi connectivity index (χ3v) is 4.64. The topological polar surface area (TPSA) is 97.6 Å². The van der Waals surface area contributed by atoms with E-state index in [0.29, 0.717) is 38.5 Å². The summed E-state index contributed by atoms with van der Waals surface area (Å²) >= 11 is 0. The molecule has 9 heteroatoms. The van der Waals surface area contributed by atoms with Crippen molar-refractivity contribution in [3.8, 4) is 11.3 Å². The van der Waals surface area contributed by atoms with Gasteiger partial charge in [0.25, 0.3) is 5.56 Å². The standard InChI is InChI=1S/C19H23N5O4/c1-3-28-19(27)23-12-10-22(11-13-23)18(26)14(2)24-17(25)5-4-16(21-24)15-6-8-20-9-7-15/h4-9,14H,3,10-13H2,1-2H3.